The Kier molecular flexibility index (Phi) is 13.8. The van der Waals surface area contributed by atoms with Gasteiger partial charge >= 0.3 is 0 Å². The van der Waals surface area contributed by atoms with Crippen molar-refractivity contribution in [2.75, 3.05) is 0 Å². The molecule has 22 heavy (non-hydrogen) atoms. The standard InChI is InChI=1S/C8H10.C4H6FNO.C4H10N2O/c1-2-8-6-4-3-5-7-8;1-2-3(5)4(6)7;1-3(2)4(7)6-5/h3-7H,2H2,1H3;2H,1H3,(H2,6,7);3H,5H2,1-2H3,(H,6,7)/b;3-2-;. The molecule has 0 radical (unpaired) electrons. The molecule has 0 bridgehead atoms. The first-order valence-electron chi connectivity index (χ1n) is 6.96. The molecule has 0 aliphatic rings. The Balaban J connectivity index is 0. The Hall–Kier alpha value is -2.21. The van der Waals surface area contributed by atoms with Crippen LogP contribution in [0.15, 0.2) is 42.2 Å². The molecule has 124 valence electrons. The van der Waals surface area contributed by atoms with Crippen molar-refractivity contribution in [3.63, 3.8) is 0 Å². The van der Waals surface area contributed by atoms with Crippen LogP contribution in [0.4, 0.5) is 4.39 Å². The third-order valence-corrected chi connectivity index (χ3v) is 2.41. The average molecular weight is 311 g/mol. The van der Waals surface area contributed by atoms with Crippen LogP contribution in [0, 0.1) is 5.92 Å². The predicted octanol–water partition coefficient (Wildman–Crippen LogP) is 2.23. The number of hydrazine groups is 1. The summed E-state index contributed by atoms with van der Waals surface area (Å²) in [6, 6.07) is 10.5. The summed E-state index contributed by atoms with van der Waals surface area (Å²) in [5.41, 5.74) is 7.90. The van der Waals surface area contributed by atoms with E-state index in [4.69, 9.17) is 5.84 Å². The summed E-state index contributed by atoms with van der Waals surface area (Å²) in [6.45, 7) is 7.12. The van der Waals surface area contributed by atoms with Gasteiger partial charge in [0.25, 0.3) is 5.91 Å². The highest BCUT2D eigenvalue weighted by molar-refractivity contribution is 5.89. The smallest absolute Gasteiger partial charge is 0.277 e. The molecule has 0 heterocycles. The summed E-state index contributed by atoms with van der Waals surface area (Å²) >= 11 is 0. The molecular weight excluding hydrogens is 285 g/mol. The zero-order valence-corrected chi connectivity index (χ0v) is 13.6. The molecule has 0 atom stereocenters. The summed E-state index contributed by atoms with van der Waals surface area (Å²) in [5, 5.41) is 0. The molecule has 6 heteroatoms. The van der Waals surface area contributed by atoms with Gasteiger partial charge in [-0.05, 0) is 25.0 Å². The lowest BCUT2D eigenvalue weighted by Crippen LogP contribution is -2.33. The SMILES string of the molecule is C/C=C(\F)C(N)=O.CC(C)C(=O)NN.CCc1ccccc1. The normalized spacial score (nSPS) is 9.86. The minimum absolute atomic E-state index is 0.00926. The quantitative estimate of drug-likeness (QED) is 0.345. The third-order valence-electron chi connectivity index (χ3n) is 2.41. The van der Waals surface area contributed by atoms with E-state index in [1.807, 2.05) is 11.5 Å². The summed E-state index contributed by atoms with van der Waals surface area (Å²) in [5.74, 6) is 2.74. The number of hydrogen-bond donors (Lipinski definition) is 3. The lowest BCUT2D eigenvalue weighted by Gasteiger charge is -1.98. The molecule has 0 unspecified atom stereocenters. The maximum Gasteiger partial charge on any atom is 0.277 e. The van der Waals surface area contributed by atoms with Gasteiger partial charge in [-0.25, -0.2) is 10.2 Å². The second kappa shape index (κ2) is 13.8. The van der Waals surface area contributed by atoms with E-state index in [1.165, 1.54) is 12.5 Å². The molecule has 0 saturated heterocycles. The minimum atomic E-state index is -1.01. The first-order chi connectivity index (χ1) is 10.3. The van der Waals surface area contributed by atoms with Crippen molar-refractivity contribution in [2.45, 2.75) is 34.1 Å². The van der Waals surface area contributed by atoms with Gasteiger partial charge in [0.05, 0.1) is 0 Å². The van der Waals surface area contributed by atoms with Gasteiger partial charge in [0.15, 0.2) is 5.83 Å². The van der Waals surface area contributed by atoms with Crippen molar-refractivity contribution < 1.29 is 14.0 Å². The Morgan fingerprint density at radius 3 is 1.91 bits per heavy atom. The molecule has 5 N–H and O–H groups in total. The number of nitrogens with two attached hydrogens (primary N) is 2. The van der Waals surface area contributed by atoms with E-state index < -0.39 is 11.7 Å². The molecule has 0 spiro atoms. The fourth-order valence-corrected chi connectivity index (χ4v) is 1.02. The average Bonchev–Trinajstić information content (AvgIpc) is 2.54. The van der Waals surface area contributed by atoms with Gasteiger partial charge in [0, 0.05) is 5.92 Å². The monoisotopic (exact) mass is 311 g/mol. The maximum absolute atomic E-state index is 11.6. The summed E-state index contributed by atoms with van der Waals surface area (Å²) in [6.07, 6.45) is 2.16. The number of rotatable bonds is 3. The van der Waals surface area contributed by atoms with Gasteiger partial charge < -0.3 is 5.73 Å². The summed E-state index contributed by atoms with van der Waals surface area (Å²) in [7, 11) is 0. The van der Waals surface area contributed by atoms with E-state index in [2.05, 4.69) is 36.9 Å². The zero-order valence-electron chi connectivity index (χ0n) is 13.6. The number of aryl methyl sites for hydroxylation is 1. The van der Waals surface area contributed by atoms with Crippen molar-refractivity contribution in [2.24, 2.45) is 17.5 Å². The van der Waals surface area contributed by atoms with E-state index in [9.17, 15) is 14.0 Å². The Bertz CT molecular complexity index is 460. The van der Waals surface area contributed by atoms with Crippen LogP contribution in [0.3, 0.4) is 0 Å². The lowest BCUT2D eigenvalue weighted by molar-refractivity contribution is -0.124. The molecule has 2 amide bonds. The van der Waals surface area contributed by atoms with Crippen molar-refractivity contribution >= 4 is 11.8 Å². The molecule has 0 fully saturated rings. The molecule has 0 aromatic heterocycles. The topological polar surface area (TPSA) is 98.2 Å². The number of allylic oxidation sites excluding steroid dienone is 1. The first kappa shape index (κ1) is 22.1. The van der Waals surface area contributed by atoms with Crippen molar-refractivity contribution in [1.82, 2.24) is 5.43 Å². The van der Waals surface area contributed by atoms with Gasteiger partial charge in [-0.1, -0.05) is 51.1 Å². The highest BCUT2D eigenvalue weighted by atomic mass is 19.1. The molecule has 0 aliphatic carbocycles. The van der Waals surface area contributed by atoms with Crippen LogP contribution in [-0.2, 0) is 16.0 Å². The first-order valence-corrected chi connectivity index (χ1v) is 6.96. The van der Waals surface area contributed by atoms with E-state index >= 15 is 0 Å². The Labute approximate surface area is 131 Å². The minimum Gasteiger partial charge on any atom is -0.364 e. The molecule has 0 aliphatic heterocycles. The van der Waals surface area contributed by atoms with Crippen molar-refractivity contribution in [3.8, 4) is 0 Å². The number of carbonyl (C=O) groups is 2. The van der Waals surface area contributed by atoms with Crippen LogP contribution in [0.5, 0.6) is 0 Å². The van der Waals surface area contributed by atoms with Crippen LogP contribution in [0.25, 0.3) is 0 Å². The summed E-state index contributed by atoms with van der Waals surface area (Å²) in [4.78, 5) is 20.0. The lowest BCUT2D eigenvalue weighted by atomic mass is 10.2. The number of carbonyl (C=O) groups excluding carboxylic acids is 2. The fraction of sp³-hybridized carbons (Fsp3) is 0.375. The van der Waals surface area contributed by atoms with Crippen LogP contribution < -0.4 is 17.0 Å². The zero-order chi connectivity index (χ0) is 17.5. The number of amides is 2. The molecule has 1 aromatic rings. The second-order valence-electron chi connectivity index (χ2n) is 4.50. The number of primary amides is 1. The Morgan fingerprint density at radius 1 is 1.27 bits per heavy atom. The van der Waals surface area contributed by atoms with Gasteiger partial charge in [-0.3, -0.25) is 15.0 Å². The number of halogens is 1. The largest absolute Gasteiger partial charge is 0.364 e. The highest BCUT2D eigenvalue weighted by Crippen LogP contribution is 1.96. The van der Waals surface area contributed by atoms with E-state index in [-0.39, 0.29) is 11.8 Å². The maximum atomic E-state index is 11.6. The van der Waals surface area contributed by atoms with Crippen LogP contribution in [0.1, 0.15) is 33.3 Å². The van der Waals surface area contributed by atoms with Crippen LogP contribution in [-0.4, -0.2) is 11.8 Å². The van der Waals surface area contributed by atoms with Gasteiger partial charge in [0.1, 0.15) is 0 Å². The Morgan fingerprint density at radius 2 is 1.77 bits per heavy atom. The van der Waals surface area contributed by atoms with Gasteiger partial charge in [0.2, 0.25) is 5.91 Å². The summed E-state index contributed by atoms with van der Waals surface area (Å²) < 4.78 is 11.6. The number of nitrogens with one attached hydrogen (secondary N) is 1. The molecule has 1 aromatic carbocycles. The molecule has 1 rings (SSSR count). The molecular formula is C16H26FN3O2. The number of benzene rings is 1. The van der Waals surface area contributed by atoms with E-state index in [0.717, 1.165) is 12.5 Å². The third kappa shape index (κ3) is 12.8. The van der Waals surface area contributed by atoms with E-state index in [1.54, 1.807) is 13.8 Å². The van der Waals surface area contributed by atoms with Gasteiger partial charge in [-0.15, -0.1) is 0 Å². The van der Waals surface area contributed by atoms with E-state index in [0.29, 0.717) is 0 Å². The molecule has 0 saturated carbocycles. The van der Waals surface area contributed by atoms with Crippen molar-refractivity contribution in [3.05, 3.63) is 47.8 Å². The predicted molar refractivity (Wildman–Crippen MR) is 87.0 cm³/mol. The van der Waals surface area contributed by atoms with Crippen LogP contribution >= 0.6 is 0 Å². The molecule has 5 nitrogen and oxygen atoms in total. The van der Waals surface area contributed by atoms with Crippen molar-refractivity contribution in [1.29, 1.82) is 0 Å². The number of hydrogen-bond acceptors (Lipinski definition) is 3. The fourth-order valence-electron chi connectivity index (χ4n) is 1.02. The van der Waals surface area contributed by atoms with Crippen LogP contribution in [0.2, 0.25) is 0 Å². The second-order valence-corrected chi connectivity index (χ2v) is 4.50. The van der Waals surface area contributed by atoms with Gasteiger partial charge in [-0.2, -0.15) is 0 Å². The highest BCUT2D eigenvalue weighted by Gasteiger charge is 2.00.